The number of hydrogen-bond donors (Lipinski definition) is 2. The molecule has 0 aromatic heterocycles. The Balaban J connectivity index is 1.01. The van der Waals surface area contributed by atoms with E-state index >= 15 is 0 Å². The molecule has 4 saturated carbocycles. The first-order valence-electron chi connectivity index (χ1n) is 14.3. The number of halogens is 1. The Bertz CT molecular complexity index is 1210. The highest BCUT2D eigenvalue weighted by molar-refractivity contribution is 7.98. The summed E-state index contributed by atoms with van der Waals surface area (Å²) in [6.45, 7) is 1.52. The van der Waals surface area contributed by atoms with E-state index in [1.807, 2.05) is 6.07 Å². The van der Waals surface area contributed by atoms with E-state index in [-0.39, 0.29) is 29.0 Å². The second-order valence-electron chi connectivity index (χ2n) is 12.5. The van der Waals surface area contributed by atoms with Gasteiger partial charge in [0.2, 0.25) is 11.8 Å². The summed E-state index contributed by atoms with van der Waals surface area (Å²) in [5.41, 5.74) is 4.92. The zero-order valence-corrected chi connectivity index (χ0v) is 22.6. The van der Waals surface area contributed by atoms with E-state index in [0.717, 1.165) is 41.2 Å². The first kappa shape index (κ1) is 24.8. The van der Waals surface area contributed by atoms with Crippen LogP contribution in [0.25, 0.3) is 0 Å². The minimum absolute atomic E-state index is 0.123. The fourth-order valence-electron chi connectivity index (χ4n) is 8.40. The quantitative estimate of drug-likeness (QED) is 0.465. The van der Waals surface area contributed by atoms with Crippen LogP contribution in [0.5, 0.6) is 0 Å². The lowest BCUT2D eigenvalue weighted by molar-refractivity contribution is -0.137. The minimum atomic E-state index is -0.376. The zero-order valence-electron chi connectivity index (χ0n) is 21.8. The van der Waals surface area contributed by atoms with Gasteiger partial charge in [-0.05, 0) is 97.1 Å². The molecule has 0 spiro atoms. The third kappa shape index (κ3) is 4.71. The molecule has 6 aliphatic rings. The Hall–Kier alpha value is -2.22. The summed E-state index contributed by atoms with van der Waals surface area (Å²) in [5.74, 6) is 2.90. The molecule has 38 heavy (non-hydrogen) atoms. The highest BCUT2D eigenvalue weighted by atomic mass is 32.2. The van der Waals surface area contributed by atoms with Crippen molar-refractivity contribution >= 4 is 23.6 Å². The normalized spacial score (nSPS) is 34.0. The number of imide groups is 1. The van der Waals surface area contributed by atoms with Crippen LogP contribution >= 0.6 is 11.8 Å². The van der Waals surface area contributed by atoms with E-state index in [1.165, 1.54) is 55.7 Å². The van der Waals surface area contributed by atoms with Gasteiger partial charge in [-0.3, -0.25) is 19.8 Å². The Morgan fingerprint density at radius 2 is 1.66 bits per heavy atom. The van der Waals surface area contributed by atoms with Gasteiger partial charge in [-0.1, -0.05) is 30.3 Å². The molecule has 2 aliphatic heterocycles. The van der Waals surface area contributed by atoms with Gasteiger partial charge >= 0.3 is 0 Å². The van der Waals surface area contributed by atoms with E-state index in [0.29, 0.717) is 24.9 Å². The van der Waals surface area contributed by atoms with Gasteiger partial charge in [-0.2, -0.15) is 0 Å². The molecule has 4 aliphatic carbocycles. The molecule has 2 heterocycles. The van der Waals surface area contributed by atoms with Crippen molar-refractivity contribution in [3.05, 3.63) is 70.5 Å². The van der Waals surface area contributed by atoms with Crippen LogP contribution in [0, 0.1) is 23.6 Å². The first-order chi connectivity index (χ1) is 18.4. The fraction of sp³-hybridized carbons (Fsp3) is 0.548. The third-order valence-corrected chi connectivity index (χ3v) is 11.1. The molecule has 2 N–H and O–H groups in total. The van der Waals surface area contributed by atoms with Crippen molar-refractivity contribution in [2.45, 2.75) is 87.2 Å². The van der Waals surface area contributed by atoms with Crippen molar-refractivity contribution in [2.75, 3.05) is 0 Å². The Labute approximate surface area is 228 Å². The van der Waals surface area contributed by atoms with E-state index in [4.69, 9.17) is 0 Å². The standard InChI is InChI=1S/C31H36FN3O2S/c32-25-6-5-24-17-35(27-7-8-28(36)34-29(27)37)30(26(24)12-25)38-18-20-3-1-19(2-4-20)16-33-31-13-21-9-22(14-31)11-23(10-21)15-31/h1-6,12,21-23,27,30,33H,7-11,13-18H2,(H,34,36,37). The number of rotatable bonds is 7. The summed E-state index contributed by atoms with van der Waals surface area (Å²) in [6, 6.07) is 13.5. The molecule has 5 nitrogen and oxygen atoms in total. The number of nitrogens with zero attached hydrogens (tertiary/aromatic N) is 1. The lowest BCUT2D eigenvalue weighted by Gasteiger charge is -2.57. The van der Waals surface area contributed by atoms with Crippen molar-refractivity contribution in [3.8, 4) is 0 Å². The molecule has 0 radical (unpaired) electrons. The second kappa shape index (κ2) is 9.76. The van der Waals surface area contributed by atoms with E-state index in [2.05, 4.69) is 39.8 Å². The van der Waals surface area contributed by atoms with E-state index in [9.17, 15) is 14.0 Å². The van der Waals surface area contributed by atoms with Crippen LogP contribution in [0.1, 0.15) is 79.0 Å². The lowest BCUT2D eigenvalue weighted by Crippen LogP contribution is -2.58. The predicted octanol–water partition coefficient (Wildman–Crippen LogP) is 5.44. The molecule has 5 fully saturated rings. The number of carbonyl (C=O) groups excluding carboxylic acids is 2. The van der Waals surface area contributed by atoms with E-state index in [1.54, 1.807) is 17.8 Å². The number of benzene rings is 2. The summed E-state index contributed by atoms with van der Waals surface area (Å²) >= 11 is 1.73. The molecule has 200 valence electrons. The number of carbonyl (C=O) groups is 2. The summed E-state index contributed by atoms with van der Waals surface area (Å²) < 4.78 is 14.2. The summed E-state index contributed by atoms with van der Waals surface area (Å²) in [6.07, 6.45) is 9.32. The molecule has 7 heteroatoms. The number of amides is 2. The van der Waals surface area contributed by atoms with Crippen molar-refractivity contribution < 1.29 is 14.0 Å². The van der Waals surface area contributed by atoms with E-state index < -0.39 is 0 Å². The van der Waals surface area contributed by atoms with Crippen LogP contribution in [0.15, 0.2) is 42.5 Å². The maximum atomic E-state index is 14.2. The number of nitrogens with one attached hydrogen (secondary N) is 2. The number of fused-ring (bicyclic) bond motifs is 1. The maximum absolute atomic E-state index is 14.2. The molecule has 2 amide bonds. The molecule has 2 atom stereocenters. The van der Waals surface area contributed by atoms with Gasteiger partial charge in [0.25, 0.3) is 0 Å². The smallest absolute Gasteiger partial charge is 0.243 e. The van der Waals surface area contributed by atoms with Gasteiger partial charge in [0.1, 0.15) is 5.82 Å². The summed E-state index contributed by atoms with van der Waals surface area (Å²) in [5, 5.41) is 6.36. The van der Waals surface area contributed by atoms with Gasteiger partial charge in [-0.15, -0.1) is 11.8 Å². The molecule has 1 saturated heterocycles. The van der Waals surface area contributed by atoms with Crippen molar-refractivity contribution in [3.63, 3.8) is 0 Å². The predicted molar refractivity (Wildman–Crippen MR) is 146 cm³/mol. The highest BCUT2D eigenvalue weighted by Crippen LogP contribution is 2.55. The van der Waals surface area contributed by atoms with Gasteiger partial charge in [-0.25, -0.2) is 4.39 Å². The second-order valence-corrected chi connectivity index (χ2v) is 13.6. The van der Waals surface area contributed by atoms with Gasteiger partial charge in [0.05, 0.1) is 11.4 Å². The Morgan fingerprint density at radius 3 is 2.34 bits per heavy atom. The van der Waals surface area contributed by atoms with Gasteiger partial charge in [0, 0.05) is 30.8 Å². The maximum Gasteiger partial charge on any atom is 0.243 e. The van der Waals surface area contributed by atoms with Gasteiger partial charge in [0.15, 0.2) is 0 Å². The Morgan fingerprint density at radius 1 is 0.974 bits per heavy atom. The molecule has 4 bridgehead atoms. The number of piperidine rings is 1. The number of thioether (sulfide) groups is 1. The molecule has 2 aromatic rings. The Kier molecular flexibility index (Phi) is 6.37. The topological polar surface area (TPSA) is 61.4 Å². The average molecular weight is 534 g/mol. The third-order valence-electron chi connectivity index (χ3n) is 9.78. The number of hydrogen-bond acceptors (Lipinski definition) is 5. The summed E-state index contributed by atoms with van der Waals surface area (Å²) in [7, 11) is 0. The summed E-state index contributed by atoms with van der Waals surface area (Å²) in [4.78, 5) is 26.5. The SMILES string of the molecule is O=C1CCC(N2Cc3ccc(F)cc3C2SCc2ccc(CNC34CC5CC(CC(C5)C3)C4)cc2)C(=O)N1. The largest absolute Gasteiger partial charge is 0.307 e. The van der Waals surface area contributed by atoms with Crippen LogP contribution in [0.2, 0.25) is 0 Å². The monoisotopic (exact) mass is 533 g/mol. The molecular formula is C31H36FN3O2S. The first-order valence-corrected chi connectivity index (χ1v) is 15.3. The van der Waals surface area contributed by atoms with Crippen molar-refractivity contribution in [2.24, 2.45) is 17.8 Å². The lowest BCUT2D eigenvalue weighted by atomic mass is 9.53. The fourth-order valence-corrected chi connectivity index (χ4v) is 9.76. The highest BCUT2D eigenvalue weighted by Gasteiger charge is 2.50. The molecule has 8 rings (SSSR count). The average Bonchev–Trinajstić information content (AvgIpc) is 3.23. The van der Waals surface area contributed by atoms with Crippen LogP contribution < -0.4 is 10.6 Å². The van der Waals surface area contributed by atoms with Crippen LogP contribution in [0.4, 0.5) is 4.39 Å². The minimum Gasteiger partial charge on any atom is -0.307 e. The van der Waals surface area contributed by atoms with Crippen LogP contribution in [-0.2, 0) is 28.4 Å². The molecular weight excluding hydrogens is 497 g/mol. The molecule has 2 unspecified atom stereocenters. The van der Waals surface area contributed by atoms with Crippen LogP contribution in [0.3, 0.4) is 0 Å². The molecule has 2 aromatic carbocycles. The van der Waals surface area contributed by atoms with Gasteiger partial charge < -0.3 is 5.32 Å². The van der Waals surface area contributed by atoms with Crippen molar-refractivity contribution in [1.29, 1.82) is 0 Å². The van der Waals surface area contributed by atoms with Crippen molar-refractivity contribution in [1.82, 2.24) is 15.5 Å². The zero-order chi connectivity index (χ0) is 25.9. The van der Waals surface area contributed by atoms with Crippen LogP contribution in [-0.4, -0.2) is 28.3 Å².